The highest BCUT2D eigenvalue weighted by atomic mass is 16.6. The zero-order valence-corrected chi connectivity index (χ0v) is 13.1. The molecule has 1 atom stereocenters. The van der Waals surface area contributed by atoms with Crippen LogP contribution in [-0.4, -0.2) is 19.8 Å². The highest BCUT2D eigenvalue weighted by Gasteiger charge is 2.17. The van der Waals surface area contributed by atoms with Crippen LogP contribution in [0.15, 0.2) is 42.5 Å². The van der Waals surface area contributed by atoms with Crippen molar-refractivity contribution in [3.63, 3.8) is 0 Å². The molecule has 0 aromatic heterocycles. The number of para-hydroxylation sites is 1. The summed E-state index contributed by atoms with van der Waals surface area (Å²) in [4.78, 5) is 0. The molecule has 2 aromatic rings. The Kier molecular flexibility index (Phi) is 4.68. The van der Waals surface area contributed by atoms with Crippen LogP contribution in [0.4, 0.5) is 0 Å². The van der Waals surface area contributed by atoms with Gasteiger partial charge in [-0.05, 0) is 36.2 Å². The van der Waals surface area contributed by atoms with Gasteiger partial charge in [-0.3, -0.25) is 0 Å². The van der Waals surface area contributed by atoms with Gasteiger partial charge in [-0.25, -0.2) is 0 Å². The number of aryl methyl sites for hydroxylation is 1. The Morgan fingerprint density at radius 2 is 1.91 bits per heavy atom. The number of fused-ring (bicyclic) bond motifs is 1. The SMILES string of the molecule is Cc1ccccc1OCCC(C#N)c1ccc2c(c1)OCCO2. The van der Waals surface area contributed by atoms with Crippen LogP contribution in [0.2, 0.25) is 0 Å². The van der Waals surface area contributed by atoms with E-state index in [0.717, 1.165) is 22.6 Å². The van der Waals surface area contributed by atoms with E-state index in [1.807, 2.05) is 49.4 Å². The Morgan fingerprint density at radius 3 is 2.70 bits per heavy atom. The summed E-state index contributed by atoms with van der Waals surface area (Å²) in [5.41, 5.74) is 2.03. The number of nitrogens with zero attached hydrogens (tertiary/aromatic N) is 1. The van der Waals surface area contributed by atoms with E-state index in [1.165, 1.54) is 0 Å². The second-order valence-corrected chi connectivity index (χ2v) is 5.49. The molecule has 0 bridgehead atoms. The van der Waals surface area contributed by atoms with Gasteiger partial charge in [0.15, 0.2) is 11.5 Å². The third-order valence-corrected chi connectivity index (χ3v) is 3.88. The molecule has 118 valence electrons. The van der Waals surface area contributed by atoms with Crippen molar-refractivity contribution in [1.82, 2.24) is 0 Å². The van der Waals surface area contributed by atoms with Crippen LogP contribution in [0.25, 0.3) is 0 Å². The average Bonchev–Trinajstić information content (AvgIpc) is 2.60. The van der Waals surface area contributed by atoms with E-state index in [4.69, 9.17) is 14.2 Å². The Balaban J connectivity index is 1.64. The van der Waals surface area contributed by atoms with Crippen molar-refractivity contribution in [3.05, 3.63) is 53.6 Å². The van der Waals surface area contributed by atoms with Crippen LogP contribution in [0.3, 0.4) is 0 Å². The molecule has 1 aliphatic heterocycles. The minimum atomic E-state index is -0.227. The van der Waals surface area contributed by atoms with E-state index in [0.29, 0.717) is 32.0 Å². The lowest BCUT2D eigenvalue weighted by Crippen LogP contribution is -2.15. The molecular weight excluding hydrogens is 290 g/mol. The van der Waals surface area contributed by atoms with Gasteiger partial charge >= 0.3 is 0 Å². The summed E-state index contributed by atoms with van der Waals surface area (Å²) >= 11 is 0. The molecule has 0 spiro atoms. The second-order valence-electron chi connectivity index (χ2n) is 5.49. The topological polar surface area (TPSA) is 51.5 Å². The van der Waals surface area contributed by atoms with E-state index in [9.17, 15) is 5.26 Å². The van der Waals surface area contributed by atoms with Crippen LogP contribution in [0.5, 0.6) is 17.2 Å². The third kappa shape index (κ3) is 3.57. The van der Waals surface area contributed by atoms with Crippen molar-refractivity contribution in [2.45, 2.75) is 19.3 Å². The van der Waals surface area contributed by atoms with Crippen LogP contribution in [-0.2, 0) is 0 Å². The van der Waals surface area contributed by atoms with Crippen molar-refractivity contribution < 1.29 is 14.2 Å². The van der Waals surface area contributed by atoms with Crippen molar-refractivity contribution in [3.8, 4) is 23.3 Å². The van der Waals surface area contributed by atoms with Gasteiger partial charge in [-0.2, -0.15) is 5.26 Å². The molecule has 4 heteroatoms. The van der Waals surface area contributed by atoms with Gasteiger partial charge < -0.3 is 14.2 Å². The molecule has 0 saturated heterocycles. The summed E-state index contributed by atoms with van der Waals surface area (Å²) < 4.78 is 16.9. The molecule has 0 radical (unpaired) electrons. The van der Waals surface area contributed by atoms with Crippen LogP contribution >= 0.6 is 0 Å². The molecule has 0 aliphatic carbocycles. The lowest BCUT2D eigenvalue weighted by Gasteiger charge is -2.20. The first-order valence-electron chi connectivity index (χ1n) is 7.75. The molecule has 0 amide bonds. The first kappa shape index (κ1) is 15.2. The molecule has 0 N–H and O–H groups in total. The summed E-state index contributed by atoms with van der Waals surface area (Å²) in [7, 11) is 0. The zero-order valence-electron chi connectivity index (χ0n) is 13.1. The van der Waals surface area contributed by atoms with E-state index in [1.54, 1.807) is 0 Å². The molecule has 1 heterocycles. The van der Waals surface area contributed by atoms with Gasteiger partial charge in [-0.15, -0.1) is 0 Å². The van der Waals surface area contributed by atoms with Crippen molar-refractivity contribution in [2.75, 3.05) is 19.8 Å². The zero-order chi connectivity index (χ0) is 16.1. The standard InChI is InChI=1S/C19H19NO3/c1-14-4-2-3-5-17(14)21-9-8-16(13-20)15-6-7-18-19(12-15)23-11-10-22-18/h2-7,12,16H,8-11H2,1H3. The second kappa shape index (κ2) is 7.06. The van der Waals surface area contributed by atoms with Gasteiger partial charge in [0.25, 0.3) is 0 Å². The molecule has 23 heavy (non-hydrogen) atoms. The highest BCUT2D eigenvalue weighted by molar-refractivity contribution is 5.45. The quantitative estimate of drug-likeness (QED) is 0.842. The van der Waals surface area contributed by atoms with Gasteiger partial charge in [0.05, 0.1) is 18.6 Å². The van der Waals surface area contributed by atoms with Crippen molar-refractivity contribution in [2.24, 2.45) is 0 Å². The van der Waals surface area contributed by atoms with Gasteiger partial charge in [-0.1, -0.05) is 24.3 Å². The predicted molar refractivity (Wildman–Crippen MR) is 87.1 cm³/mol. The number of rotatable bonds is 5. The highest BCUT2D eigenvalue weighted by Crippen LogP contribution is 2.33. The first-order chi connectivity index (χ1) is 11.3. The van der Waals surface area contributed by atoms with E-state index < -0.39 is 0 Å². The Morgan fingerprint density at radius 1 is 1.13 bits per heavy atom. The summed E-state index contributed by atoms with van der Waals surface area (Å²) in [6.07, 6.45) is 0.629. The number of hydrogen-bond donors (Lipinski definition) is 0. The molecule has 0 fully saturated rings. The Labute approximate surface area is 136 Å². The number of benzene rings is 2. The van der Waals surface area contributed by atoms with E-state index in [-0.39, 0.29) is 5.92 Å². The maximum Gasteiger partial charge on any atom is 0.161 e. The molecular formula is C19H19NO3. The van der Waals surface area contributed by atoms with Crippen molar-refractivity contribution >= 4 is 0 Å². The maximum atomic E-state index is 9.46. The third-order valence-electron chi connectivity index (χ3n) is 3.88. The molecule has 4 nitrogen and oxygen atoms in total. The van der Waals surface area contributed by atoms with Crippen LogP contribution in [0.1, 0.15) is 23.5 Å². The number of hydrogen-bond acceptors (Lipinski definition) is 4. The van der Waals surface area contributed by atoms with Gasteiger partial charge in [0.1, 0.15) is 19.0 Å². The fraction of sp³-hybridized carbons (Fsp3) is 0.316. The summed E-state index contributed by atoms with van der Waals surface area (Å²) in [5, 5.41) is 9.46. The molecule has 1 unspecified atom stereocenters. The lowest BCUT2D eigenvalue weighted by molar-refractivity contribution is 0.171. The minimum Gasteiger partial charge on any atom is -0.493 e. The molecule has 1 aliphatic rings. The first-order valence-corrected chi connectivity index (χ1v) is 7.75. The van der Waals surface area contributed by atoms with Gasteiger partial charge in [0, 0.05) is 6.42 Å². The minimum absolute atomic E-state index is 0.227. The largest absolute Gasteiger partial charge is 0.493 e. The Bertz CT molecular complexity index is 721. The maximum absolute atomic E-state index is 9.46. The number of ether oxygens (including phenoxy) is 3. The van der Waals surface area contributed by atoms with Gasteiger partial charge in [0.2, 0.25) is 0 Å². The Hall–Kier alpha value is -2.67. The monoisotopic (exact) mass is 309 g/mol. The van der Waals surface area contributed by atoms with Crippen LogP contribution < -0.4 is 14.2 Å². The summed E-state index contributed by atoms with van der Waals surface area (Å²) in [6.45, 7) is 3.62. The smallest absolute Gasteiger partial charge is 0.161 e. The van der Waals surface area contributed by atoms with Crippen LogP contribution in [0, 0.1) is 18.3 Å². The number of nitriles is 1. The predicted octanol–water partition coefficient (Wildman–Crippen LogP) is 3.84. The fourth-order valence-corrected chi connectivity index (χ4v) is 2.59. The fourth-order valence-electron chi connectivity index (χ4n) is 2.59. The molecule has 0 saturated carbocycles. The van der Waals surface area contributed by atoms with E-state index in [2.05, 4.69) is 6.07 Å². The summed E-state index contributed by atoms with van der Waals surface area (Å²) in [6, 6.07) is 15.9. The average molecular weight is 309 g/mol. The molecule has 3 rings (SSSR count). The molecule has 2 aromatic carbocycles. The lowest BCUT2D eigenvalue weighted by atomic mass is 9.97. The van der Waals surface area contributed by atoms with E-state index >= 15 is 0 Å². The normalized spacial score (nSPS) is 13.9. The summed E-state index contributed by atoms with van der Waals surface area (Å²) in [5.74, 6) is 2.10. The van der Waals surface area contributed by atoms with Crippen molar-refractivity contribution in [1.29, 1.82) is 5.26 Å².